The largest absolute Gasteiger partial charge is 0.481 e. The van der Waals surface area contributed by atoms with Crippen LogP contribution in [0.5, 0.6) is 0 Å². The SMILES string of the molecule is O=C(O)CC12CN3CN(C1)CC1(CC(=O)NN=C21)C3. The molecule has 7 nitrogen and oxygen atoms in total. The third-order valence-electron chi connectivity index (χ3n) is 4.79. The Morgan fingerprint density at radius 2 is 2.00 bits per heavy atom. The van der Waals surface area contributed by atoms with Crippen molar-refractivity contribution < 1.29 is 14.7 Å². The number of piperidine rings is 2. The van der Waals surface area contributed by atoms with Gasteiger partial charge in [-0.1, -0.05) is 0 Å². The number of carbonyl (C=O) groups excluding carboxylic acids is 1. The molecule has 1 amide bonds. The van der Waals surface area contributed by atoms with E-state index < -0.39 is 11.4 Å². The van der Waals surface area contributed by atoms with Crippen molar-refractivity contribution in [2.75, 3.05) is 32.8 Å². The van der Waals surface area contributed by atoms with Crippen LogP contribution in [0.4, 0.5) is 0 Å². The quantitative estimate of drug-likeness (QED) is 0.662. The maximum Gasteiger partial charge on any atom is 0.304 e. The highest BCUT2D eigenvalue weighted by Crippen LogP contribution is 2.51. The van der Waals surface area contributed by atoms with Gasteiger partial charge in [0.05, 0.1) is 18.8 Å². The predicted octanol–water partition coefficient (Wildman–Crippen LogP) is -1.09. The number of carbonyl (C=O) groups is 2. The highest BCUT2D eigenvalue weighted by molar-refractivity contribution is 6.04. The smallest absolute Gasteiger partial charge is 0.304 e. The van der Waals surface area contributed by atoms with Crippen molar-refractivity contribution in [2.24, 2.45) is 15.9 Å². The number of aliphatic carboxylic acids is 1. The van der Waals surface area contributed by atoms with Crippen LogP contribution in [-0.4, -0.2) is 65.3 Å². The number of amides is 1. The zero-order valence-corrected chi connectivity index (χ0v) is 10.6. The maximum atomic E-state index is 11.7. The number of carboxylic acid groups (broad SMARTS) is 1. The highest BCUT2D eigenvalue weighted by atomic mass is 16.4. The van der Waals surface area contributed by atoms with Crippen LogP contribution in [0.15, 0.2) is 5.10 Å². The molecule has 5 heterocycles. The number of nitrogens with one attached hydrogen (secondary N) is 1. The summed E-state index contributed by atoms with van der Waals surface area (Å²) in [5.74, 6) is -0.849. The summed E-state index contributed by atoms with van der Waals surface area (Å²) in [6.07, 6.45) is 0.524. The molecule has 4 bridgehead atoms. The molecule has 19 heavy (non-hydrogen) atoms. The molecule has 0 aromatic heterocycles. The normalized spacial score (nSPS) is 46.5. The summed E-state index contributed by atoms with van der Waals surface area (Å²) in [6, 6.07) is 0. The van der Waals surface area contributed by atoms with Crippen LogP contribution >= 0.6 is 0 Å². The van der Waals surface area contributed by atoms with Crippen LogP contribution in [0.2, 0.25) is 0 Å². The molecule has 0 saturated carbocycles. The van der Waals surface area contributed by atoms with Crippen LogP contribution in [0.25, 0.3) is 0 Å². The molecule has 2 unspecified atom stereocenters. The van der Waals surface area contributed by atoms with Crippen molar-refractivity contribution in [3.63, 3.8) is 0 Å². The van der Waals surface area contributed by atoms with Crippen molar-refractivity contribution in [1.82, 2.24) is 15.2 Å². The lowest BCUT2D eigenvalue weighted by molar-refractivity contribution is -0.146. The van der Waals surface area contributed by atoms with Gasteiger partial charge in [0, 0.05) is 43.4 Å². The zero-order chi connectivity index (χ0) is 13.3. The summed E-state index contributed by atoms with van der Waals surface area (Å²) in [5.41, 5.74) is 2.80. The van der Waals surface area contributed by atoms with E-state index in [1.54, 1.807) is 0 Å². The van der Waals surface area contributed by atoms with E-state index in [0.717, 1.165) is 38.6 Å². The van der Waals surface area contributed by atoms with Crippen molar-refractivity contribution in [3.05, 3.63) is 0 Å². The van der Waals surface area contributed by atoms with E-state index in [9.17, 15) is 14.7 Å². The molecule has 1 spiro atoms. The molecular formula is C12H16N4O3. The lowest BCUT2D eigenvalue weighted by Gasteiger charge is -2.64. The monoisotopic (exact) mass is 264 g/mol. The zero-order valence-electron chi connectivity index (χ0n) is 10.6. The summed E-state index contributed by atoms with van der Waals surface area (Å²) in [5, 5.41) is 13.5. The average molecular weight is 264 g/mol. The summed E-state index contributed by atoms with van der Waals surface area (Å²) >= 11 is 0. The van der Waals surface area contributed by atoms with Gasteiger partial charge in [0.25, 0.3) is 0 Å². The molecule has 0 aromatic rings. The summed E-state index contributed by atoms with van der Waals surface area (Å²) in [7, 11) is 0. The van der Waals surface area contributed by atoms with Crippen LogP contribution < -0.4 is 5.43 Å². The average Bonchev–Trinajstić information content (AvgIpc) is 2.24. The number of rotatable bonds is 2. The van der Waals surface area contributed by atoms with Crippen LogP contribution in [-0.2, 0) is 9.59 Å². The van der Waals surface area contributed by atoms with Gasteiger partial charge in [0.1, 0.15) is 0 Å². The lowest BCUT2D eigenvalue weighted by atomic mass is 9.57. The number of hydrazone groups is 1. The van der Waals surface area contributed by atoms with E-state index in [1.807, 2.05) is 0 Å². The molecule has 0 aliphatic carbocycles. The summed E-state index contributed by atoms with van der Waals surface area (Å²) in [4.78, 5) is 27.5. The van der Waals surface area contributed by atoms with Gasteiger partial charge in [0.15, 0.2) is 0 Å². The van der Waals surface area contributed by atoms with Gasteiger partial charge in [0.2, 0.25) is 5.91 Å². The van der Waals surface area contributed by atoms with Gasteiger partial charge in [-0.15, -0.1) is 0 Å². The minimum Gasteiger partial charge on any atom is -0.481 e. The fraction of sp³-hybridized carbons (Fsp3) is 0.750. The third-order valence-corrected chi connectivity index (χ3v) is 4.79. The van der Waals surface area contributed by atoms with Crippen LogP contribution in [0.3, 0.4) is 0 Å². The van der Waals surface area contributed by atoms with Gasteiger partial charge < -0.3 is 5.11 Å². The minimum atomic E-state index is -0.792. The Labute approximate surface area is 110 Å². The first-order valence-corrected chi connectivity index (χ1v) is 6.55. The Kier molecular flexibility index (Phi) is 2.00. The fourth-order valence-electron chi connectivity index (χ4n) is 4.65. The van der Waals surface area contributed by atoms with E-state index >= 15 is 0 Å². The second-order valence-corrected chi connectivity index (χ2v) is 6.42. The van der Waals surface area contributed by atoms with Crippen LogP contribution in [0, 0.1) is 10.8 Å². The van der Waals surface area contributed by atoms with Crippen molar-refractivity contribution in [3.8, 4) is 0 Å². The molecule has 7 heteroatoms. The molecule has 0 aromatic carbocycles. The molecule has 5 aliphatic rings. The Hall–Kier alpha value is -1.47. The van der Waals surface area contributed by atoms with Gasteiger partial charge >= 0.3 is 5.97 Å². The molecule has 4 saturated heterocycles. The second-order valence-electron chi connectivity index (χ2n) is 6.42. The predicted molar refractivity (Wildman–Crippen MR) is 65.3 cm³/mol. The third kappa shape index (κ3) is 1.42. The Bertz CT molecular complexity index is 501. The second kappa shape index (κ2) is 3.34. The Morgan fingerprint density at radius 1 is 1.32 bits per heavy atom. The number of nitrogens with zero attached hydrogens (tertiary/aromatic N) is 3. The molecule has 2 atom stereocenters. The maximum absolute atomic E-state index is 11.7. The molecule has 0 radical (unpaired) electrons. The topological polar surface area (TPSA) is 85.2 Å². The molecular weight excluding hydrogens is 248 g/mol. The van der Waals surface area contributed by atoms with E-state index in [1.165, 1.54) is 0 Å². The first-order valence-electron chi connectivity index (χ1n) is 6.55. The van der Waals surface area contributed by atoms with Crippen molar-refractivity contribution >= 4 is 17.6 Å². The fourth-order valence-corrected chi connectivity index (χ4v) is 4.65. The van der Waals surface area contributed by atoms with E-state index in [2.05, 4.69) is 20.3 Å². The summed E-state index contributed by atoms with van der Waals surface area (Å²) < 4.78 is 0. The number of carboxylic acids is 1. The molecule has 5 rings (SSSR count). The Morgan fingerprint density at radius 3 is 2.63 bits per heavy atom. The first kappa shape index (κ1) is 11.4. The minimum absolute atomic E-state index is 0.0569. The van der Waals surface area contributed by atoms with E-state index in [0.29, 0.717) is 6.42 Å². The molecule has 102 valence electrons. The van der Waals surface area contributed by atoms with E-state index in [-0.39, 0.29) is 17.7 Å². The molecule has 5 aliphatic heterocycles. The number of hydrogen-bond donors (Lipinski definition) is 2. The van der Waals surface area contributed by atoms with E-state index in [4.69, 9.17) is 0 Å². The van der Waals surface area contributed by atoms with Gasteiger partial charge in [-0.25, -0.2) is 5.43 Å². The van der Waals surface area contributed by atoms with Gasteiger partial charge in [-0.05, 0) is 0 Å². The van der Waals surface area contributed by atoms with Crippen molar-refractivity contribution in [1.29, 1.82) is 0 Å². The summed E-state index contributed by atoms with van der Waals surface area (Å²) in [6.45, 7) is 4.03. The van der Waals surface area contributed by atoms with Gasteiger partial charge in [-0.3, -0.25) is 19.4 Å². The standard InChI is InChI=1S/C12H16N4O3/c17-8-1-11-3-15-5-12(2-9(18)19,10(11)14-13-8)6-16(4-11)7-15/h1-7H2,(H,13,17)(H,18,19). The molecule has 2 N–H and O–H groups in total. The van der Waals surface area contributed by atoms with Gasteiger partial charge in [-0.2, -0.15) is 5.10 Å². The van der Waals surface area contributed by atoms with Crippen molar-refractivity contribution in [2.45, 2.75) is 12.8 Å². The Balaban J connectivity index is 1.83. The first-order chi connectivity index (χ1) is 9.01. The van der Waals surface area contributed by atoms with Crippen LogP contribution in [0.1, 0.15) is 12.8 Å². The molecule has 4 fully saturated rings. The number of hydrogen-bond acceptors (Lipinski definition) is 5. The lowest BCUT2D eigenvalue weighted by Crippen LogP contribution is -2.77. The highest BCUT2D eigenvalue weighted by Gasteiger charge is 2.63.